The zero-order valence-electron chi connectivity index (χ0n) is 14.7. The van der Waals surface area contributed by atoms with Crippen molar-refractivity contribution < 1.29 is 0 Å². The lowest BCUT2D eigenvalue weighted by atomic mass is 10.0. The van der Waals surface area contributed by atoms with Crippen molar-refractivity contribution in [2.24, 2.45) is 12.0 Å². The molecule has 0 spiro atoms. The SMILES string of the molecule is CN=C(NCc1nc2ccccc2n1C)N1CCc2ccccc2C1. The molecule has 0 amide bonds. The number of nitrogens with one attached hydrogen (secondary N) is 1. The zero-order valence-corrected chi connectivity index (χ0v) is 14.7. The van der Waals surface area contributed by atoms with E-state index in [2.05, 4.69) is 63.2 Å². The van der Waals surface area contributed by atoms with Crippen LogP contribution in [0.1, 0.15) is 17.0 Å². The summed E-state index contributed by atoms with van der Waals surface area (Å²) in [5, 5.41) is 3.48. The van der Waals surface area contributed by atoms with E-state index in [1.54, 1.807) is 0 Å². The monoisotopic (exact) mass is 333 g/mol. The fraction of sp³-hybridized carbons (Fsp3) is 0.300. The molecule has 1 N–H and O–H groups in total. The second-order valence-electron chi connectivity index (χ2n) is 6.42. The Morgan fingerprint density at radius 1 is 1.12 bits per heavy atom. The van der Waals surface area contributed by atoms with Crippen LogP contribution in [0.3, 0.4) is 0 Å². The molecule has 0 fully saturated rings. The summed E-state index contributed by atoms with van der Waals surface area (Å²) in [5.41, 5.74) is 5.02. The Hall–Kier alpha value is -2.82. The minimum Gasteiger partial charge on any atom is -0.349 e. The third-order valence-corrected chi connectivity index (χ3v) is 4.93. The molecule has 0 aliphatic carbocycles. The van der Waals surface area contributed by atoms with Crippen LogP contribution in [0.25, 0.3) is 11.0 Å². The first-order valence-electron chi connectivity index (χ1n) is 8.69. The van der Waals surface area contributed by atoms with Crippen molar-refractivity contribution in [3.63, 3.8) is 0 Å². The number of aliphatic imine (C=N–C) groups is 1. The molecule has 25 heavy (non-hydrogen) atoms. The lowest BCUT2D eigenvalue weighted by Crippen LogP contribution is -2.43. The normalized spacial score (nSPS) is 14.6. The summed E-state index contributed by atoms with van der Waals surface area (Å²) in [5.74, 6) is 1.95. The number of imidazole rings is 1. The smallest absolute Gasteiger partial charge is 0.194 e. The summed E-state index contributed by atoms with van der Waals surface area (Å²) in [6.07, 6.45) is 1.06. The molecule has 2 aromatic carbocycles. The molecule has 0 saturated carbocycles. The first-order chi connectivity index (χ1) is 12.3. The van der Waals surface area contributed by atoms with Gasteiger partial charge in [0, 0.05) is 27.2 Å². The summed E-state index contributed by atoms with van der Waals surface area (Å²) in [6.45, 7) is 2.55. The van der Waals surface area contributed by atoms with E-state index in [9.17, 15) is 0 Å². The minimum atomic E-state index is 0.663. The van der Waals surface area contributed by atoms with E-state index >= 15 is 0 Å². The van der Waals surface area contributed by atoms with Crippen molar-refractivity contribution in [2.45, 2.75) is 19.5 Å². The predicted molar refractivity (Wildman–Crippen MR) is 101 cm³/mol. The second-order valence-corrected chi connectivity index (χ2v) is 6.42. The van der Waals surface area contributed by atoms with E-state index in [4.69, 9.17) is 4.98 Å². The molecule has 1 aliphatic heterocycles. The van der Waals surface area contributed by atoms with E-state index in [0.717, 1.165) is 42.3 Å². The van der Waals surface area contributed by atoms with Crippen LogP contribution in [0, 0.1) is 0 Å². The van der Waals surface area contributed by atoms with Gasteiger partial charge in [-0.25, -0.2) is 4.98 Å². The molecule has 5 nitrogen and oxygen atoms in total. The van der Waals surface area contributed by atoms with Crippen LogP contribution >= 0.6 is 0 Å². The average Bonchev–Trinajstić information content (AvgIpc) is 2.98. The summed E-state index contributed by atoms with van der Waals surface area (Å²) in [4.78, 5) is 11.5. The van der Waals surface area contributed by atoms with E-state index < -0.39 is 0 Å². The topological polar surface area (TPSA) is 45.5 Å². The van der Waals surface area contributed by atoms with Gasteiger partial charge in [-0.1, -0.05) is 36.4 Å². The molecular formula is C20H23N5. The molecule has 2 heterocycles. The van der Waals surface area contributed by atoms with Crippen molar-refractivity contribution in [3.8, 4) is 0 Å². The Morgan fingerprint density at radius 2 is 1.88 bits per heavy atom. The lowest BCUT2D eigenvalue weighted by Gasteiger charge is -2.31. The van der Waals surface area contributed by atoms with Gasteiger partial charge >= 0.3 is 0 Å². The predicted octanol–water partition coefficient (Wildman–Crippen LogP) is 2.71. The molecule has 0 atom stereocenters. The summed E-state index contributed by atoms with van der Waals surface area (Å²) < 4.78 is 2.14. The highest BCUT2D eigenvalue weighted by Crippen LogP contribution is 2.19. The van der Waals surface area contributed by atoms with Gasteiger partial charge in [-0.2, -0.15) is 0 Å². The van der Waals surface area contributed by atoms with Gasteiger partial charge in [0.15, 0.2) is 5.96 Å². The summed E-state index contributed by atoms with van der Waals surface area (Å²) in [6, 6.07) is 16.9. The Labute approximate surface area is 148 Å². The third kappa shape index (κ3) is 2.97. The Kier molecular flexibility index (Phi) is 4.14. The zero-order chi connectivity index (χ0) is 17.2. The number of fused-ring (bicyclic) bond motifs is 2. The molecule has 0 saturated heterocycles. The molecule has 0 radical (unpaired) electrons. The number of para-hydroxylation sites is 2. The van der Waals surface area contributed by atoms with Gasteiger partial charge in [-0.3, -0.25) is 4.99 Å². The number of aromatic nitrogens is 2. The number of hydrogen-bond acceptors (Lipinski definition) is 2. The average molecular weight is 333 g/mol. The van der Waals surface area contributed by atoms with Gasteiger partial charge in [-0.05, 0) is 29.7 Å². The van der Waals surface area contributed by atoms with Crippen LogP contribution < -0.4 is 5.32 Å². The van der Waals surface area contributed by atoms with Crippen molar-refractivity contribution in [3.05, 3.63) is 65.5 Å². The van der Waals surface area contributed by atoms with Crippen molar-refractivity contribution in [2.75, 3.05) is 13.6 Å². The van der Waals surface area contributed by atoms with Gasteiger partial charge < -0.3 is 14.8 Å². The van der Waals surface area contributed by atoms with Crippen molar-refractivity contribution >= 4 is 17.0 Å². The highest BCUT2D eigenvalue weighted by atomic mass is 15.3. The van der Waals surface area contributed by atoms with Crippen LogP contribution in [0.15, 0.2) is 53.5 Å². The summed E-state index contributed by atoms with van der Waals surface area (Å²) in [7, 11) is 3.91. The maximum Gasteiger partial charge on any atom is 0.194 e. The molecule has 3 aromatic rings. The van der Waals surface area contributed by atoms with Gasteiger partial charge in [0.25, 0.3) is 0 Å². The molecule has 1 aromatic heterocycles. The minimum absolute atomic E-state index is 0.663. The number of guanidine groups is 1. The van der Waals surface area contributed by atoms with Crippen LogP contribution in [-0.4, -0.2) is 34.0 Å². The number of aryl methyl sites for hydroxylation is 1. The van der Waals surface area contributed by atoms with Crippen LogP contribution in [0.5, 0.6) is 0 Å². The van der Waals surface area contributed by atoms with Crippen molar-refractivity contribution in [1.82, 2.24) is 19.8 Å². The molecule has 0 bridgehead atoms. The van der Waals surface area contributed by atoms with Crippen LogP contribution in [0.4, 0.5) is 0 Å². The van der Waals surface area contributed by atoms with Crippen molar-refractivity contribution in [1.29, 1.82) is 0 Å². The number of hydrogen-bond donors (Lipinski definition) is 1. The Morgan fingerprint density at radius 3 is 2.68 bits per heavy atom. The summed E-state index contributed by atoms with van der Waals surface area (Å²) >= 11 is 0. The molecular weight excluding hydrogens is 310 g/mol. The van der Waals surface area contributed by atoms with E-state index in [1.807, 2.05) is 19.2 Å². The van der Waals surface area contributed by atoms with Crippen LogP contribution in [-0.2, 0) is 26.6 Å². The van der Waals surface area contributed by atoms with Crippen LogP contribution in [0.2, 0.25) is 0 Å². The molecule has 5 heteroatoms. The third-order valence-electron chi connectivity index (χ3n) is 4.93. The molecule has 1 aliphatic rings. The second kappa shape index (κ2) is 6.59. The maximum absolute atomic E-state index is 4.73. The fourth-order valence-electron chi connectivity index (χ4n) is 3.52. The quantitative estimate of drug-likeness (QED) is 0.579. The number of nitrogens with zero attached hydrogens (tertiary/aromatic N) is 4. The fourth-order valence-corrected chi connectivity index (χ4v) is 3.52. The molecule has 0 unspecified atom stereocenters. The van der Waals surface area contributed by atoms with E-state index in [-0.39, 0.29) is 0 Å². The van der Waals surface area contributed by atoms with E-state index in [0.29, 0.717) is 6.54 Å². The Bertz CT molecular complexity index is 925. The highest BCUT2D eigenvalue weighted by Gasteiger charge is 2.19. The van der Waals surface area contributed by atoms with Gasteiger partial charge in [0.2, 0.25) is 0 Å². The largest absolute Gasteiger partial charge is 0.349 e. The molecule has 128 valence electrons. The number of rotatable bonds is 2. The standard InChI is InChI=1S/C20H23N5/c1-21-20(25-12-11-15-7-3-4-8-16(15)14-25)22-13-19-23-17-9-5-6-10-18(17)24(19)2/h3-10H,11-14H2,1-2H3,(H,21,22). The lowest BCUT2D eigenvalue weighted by molar-refractivity contribution is 0.378. The first-order valence-corrected chi connectivity index (χ1v) is 8.69. The Balaban J connectivity index is 1.48. The van der Waals surface area contributed by atoms with Gasteiger partial charge in [0.05, 0.1) is 17.6 Å². The maximum atomic E-state index is 4.73. The van der Waals surface area contributed by atoms with Gasteiger partial charge in [0.1, 0.15) is 5.82 Å². The molecule has 4 rings (SSSR count). The first kappa shape index (κ1) is 15.7. The number of benzene rings is 2. The van der Waals surface area contributed by atoms with Gasteiger partial charge in [-0.15, -0.1) is 0 Å². The van der Waals surface area contributed by atoms with E-state index in [1.165, 1.54) is 11.1 Å². The highest BCUT2D eigenvalue weighted by molar-refractivity contribution is 5.80.